The van der Waals surface area contributed by atoms with E-state index in [4.69, 9.17) is 11.6 Å². The van der Waals surface area contributed by atoms with Gasteiger partial charge in [-0.2, -0.15) is 0 Å². The molecule has 1 heterocycles. The summed E-state index contributed by atoms with van der Waals surface area (Å²) in [7, 11) is 0. The Bertz CT molecular complexity index is 417. The van der Waals surface area contributed by atoms with Gasteiger partial charge in [0.05, 0.1) is 5.02 Å². The van der Waals surface area contributed by atoms with E-state index in [1.807, 2.05) is 6.07 Å². The maximum Gasteiger partial charge on any atom is 0.142 e. The lowest BCUT2D eigenvalue weighted by molar-refractivity contribution is 0.190. The third-order valence-corrected chi connectivity index (χ3v) is 4.32. The van der Waals surface area contributed by atoms with Crippen LogP contribution in [0.1, 0.15) is 31.7 Å². The molecule has 2 nitrogen and oxygen atoms in total. The highest BCUT2D eigenvalue weighted by molar-refractivity contribution is 6.30. The van der Waals surface area contributed by atoms with Crippen LogP contribution in [0.4, 0.5) is 4.39 Å². The molecule has 0 spiro atoms. The molecule has 1 aliphatic rings. The summed E-state index contributed by atoms with van der Waals surface area (Å²) in [6, 6.07) is 4.98. The zero-order chi connectivity index (χ0) is 14.4. The lowest BCUT2D eigenvalue weighted by Crippen LogP contribution is -2.34. The Morgan fingerprint density at radius 3 is 2.80 bits per heavy atom. The predicted molar refractivity (Wildman–Crippen MR) is 82.6 cm³/mol. The number of hydrogen-bond donors (Lipinski definition) is 1. The molecule has 0 aromatic heterocycles. The fourth-order valence-electron chi connectivity index (χ4n) is 2.60. The lowest BCUT2D eigenvalue weighted by Gasteiger charge is -2.30. The number of nitrogens with one attached hydrogen (secondary N) is 1. The van der Waals surface area contributed by atoms with E-state index in [2.05, 4.69) is 17.1 Å². The minimum atomic E-state index is -0.339. The number of halogens is 2. The first-order chi connectivity index (χ1) is 9.65. The van der Waals surface area contributed by atoms with Gasteiger partial charge in [0, 0.05) is 6.54 Å². The highest BCUT2D eigenvalue weighted by atomic mass is 35.5. The molecule has 1 N–H and O–H groups in total. The zero-order valence-electron chi connectivity index (χ0n) is 12.2. The first kappa shape index (κ1) is 15.7. The number of nitrogens with zero attached hydrogens (tertiary/aromatic N) is 1. The van der Waals surface area contributed by atoms with Gasteiger partial charge < -0.3 is 10.2 Å². The Labute approximate surface area is 126 Å². The van der Waals surface area contributed by atoms with Gasteiger partial charge in [-0.1, -0.05) is 24.6 Å². The van der Waals surface area contributed by atoms with Crippen LogP contribution in [0.2, 0.25) is 5.02 Å². The van der Waals surface area contributed by atoms with Crippen LogP contribution in [-0.2, 0) is 6.54 Å². The van der Waals surface area contributed by atoms with Crippen molar-refractivity contribution in [2.45, 2.75) is 32.7 Å². The minimum absolute atomic E-state index is 0.188. The molecule has 1 saturated heterocycles. The van der Waals surface area contributed by atoms with Crippen LogP contribution in [0.5, 0.6) is 0 Å². The highest BCUT2D eigenvalue weighted by Crippen LogP contribution is 2.16. The van der Waals surface area contributed by atoms with Crippen molar-refractivity contribution in [2.75, 3.05) is 26.2 Å². The van der Waals surface area contributed by atoms with Crippen LogP contribution >= 0.6 is 11.6 Å². The van der Waals surface area contributed by atoms with E-state index in [1.165, 1.54) is 32.0 Å². The monoisotopic (exact) mass is 298 g/mol. The van der Waals surface area contributed by atoms with E-state index in [0.717, 1.165) is 31.0 Å². The van der Waals surface area contributed by atoms with Gasteiger partial charge in [0.25, 0.3) is 0 Å². The first-order valence-corrected chi connectivity index (χ1v) is 7.90. The van der Waals surface area contributed by atoms with E-state index in [9.17, 15) is 4.39 Å². The Hall–Kier alpha value is -0.640. The SMILES string of the molecule is CC1CCN(CCCNCc2ccc(Cl)c(F)c2)CC1. The van der Waals surface area contributed by atoms with Crippen molar-refractivity contribution in [2.24, 2.45) is 5.92 Å². The molecule has 1 aromatic carbocycles. The van der Waals surface area contributed by atoms with Gasteiger partial charge in [0.15, 0.2) is 0 Å². The number of rotatable bonds is 6. The Kier molecular flexibility index (Phi) is 6.27. The van der Waals surface area contributed by atoms with Crippen molar-refractivity contribution in [3.8, 4) is 0 Å². The number of benzene rings is 1. The third kappa shape index (κ3) is 5.04. The summed E-state index contributed by atoms with van der Waals surface area (Å²) in [5, 5.41) is 3.55. The molecule has 1 aliphatic heterocycles. The number of likely N-dealkylation sites (tertiary alicyclic amines) is 1. The van der Waals surface area contributed by atoms with Crippen molar-refractivity contribution < 1.29 is 4.39 Å². The van der Waals surface area contributed by atoms with Crippen molar-refractivity contribution in [1.82, 2.24) is 10.2 Å². The molecular formula is C16H24ClFN2. The largest absolute Gasteiger partial charge is 0.313 e. The molecular weight excluding hydrogens is 275 g/mol. The van der Waals surface area contributed by atoms with Gasteiger partial charge in [-0.25, -0.2) is 4.39 Å². The van der Waals surface area contributed by atoms with Crippen LogP contribution in [0.15, 0.2) is 18.2 Å². The molecule has 20 heavy (non-hydrogen) atoms. The normalized spacial score (nSPS) is 17.6. The van der Waals surface area contributed by atoms with Crippen molar-refractivity contribution >= 4 is 11.6 Å². The maximum atomic E-state index is 13.3. The van der Waals surface area contributed by atoms with E-state index in [1.54, 1.807) is 6.07 Å². The second-order valence-corrected chi connectivity index (χ2v) is 6.21. The summed E-state index contributed by atoms with van der Waals surface area (Å²) < 4.78 is 13.3. The average molecular weight is 299 g/mol. The number of piperidine rings is 1. The van der Waals surface area contributed by atoms with Crippen LogP contribution in [-0.4, -0.2) is 31.1 Å². The molecule has 0 amide bonds. The van der Waals surface area contributed by atoms with Crippen LogP contribution in [0.3, 0.4) is 0 Å². The summed E-state index contributed by atoms with van der Waals surface area (Å²) in [5.41, 5.74) is 0.943. The van der Waals surface area contributed by atoms with Gasteiger partial charge in [-0.15, -0.1) is 0 Å². The predicted octanol–water partition coefficient (Wildman–Crippen LogP) is 3.69. The quantitative estimate of drug-likeness (QED) is 0.806. The van der Waals surface area contributed by atoms with Gasteiger partial charge in [-0.3, -0.25) is 0 Å². The van der Waals surface area contributed by atoms with Crippen LogP contribution < -0.4 is 5.32 Å². The molecule has 1 aromatic rings. The summed E-state index contributed by atoms with van der Waals surface area (Å²) in [4.78, 5) is 2.55. The van der Waals surface area contributed by atoms with Crippen LogP contribution in [0, 0.1) is 11.7 Å². The Morgan fingerprint density at radius 2 is 2.10 bits per heavy atom. The molecule has 0 aliphatic carbocycles. The standard InChI is InChI=1S/C16H24ClFN2/c1-13-5-9-20(10-6-13)8-2-7-19-12-14-3-4-15(17)16(18)11-14/h3-4,11,13,19H,2,5-10,12H2,1H3. The second-order valence-electron chi connectivity index (χ2n) is 5.80. The minimum Gasteiger partial charge on any atom is -0.313 e. The fraction of sp³-hybridized carbons (Fsp3) is 0.625. The Morgan fingerprint density at radius 1 is 1.35 bits per heavy atom. The molecule has 0 bridgehead atoms. The first-order valence-electron chi connectivity index (χ1n) is 7.52. The van der Waals surface area contributed by atoms with E-state index >= 15 is 0 Å². The van der Waals surface area contributed by atoms with E-state index in [0.29, 0.717) is 6.54 Å². The molecule has 0 saturated carbocycles. The molecule has 2 rings (SSSR count). The second kappa shape index (κ2) is 7.96. The molecule has 1 fully saturated rings. The number of hydrogen-bond acceptors (Lipinski definition) is 2. The van der Waals surface area contributed by atoms with Crippen molar-refractivity contribution in [3.05, 3.63) is 34.6 Å². The van der Waals surface area contributed by atoms with Gasteiger partial charge in [0.1, 0.15) is 5.82 Å². The summed E-state index contributed by atoms with van der Waals surface area (Å²) >= 11 is 5.66. The Balaban J connectivity index is 1.58. The summed E-state index contributed by atoms with van der Waals surface area (Å²) in [6.45, 7) is 7.65. The summed E-state index contributed by atoms with van der Waals surface area (Å²) in [5.74, 6) is 0.553. The third-order valence-electron chi connectivity index (χ3n) is 4.02. The van der Waals surface area contributed by atoms with E-state index in [-0.39, 0.29) is 10.8 Å². The zero-order valence-corrected chi connectivity index (χ0v) is 12.9. The topological polar surface area (TPSA) is 15.3 Å². The van der Waals surface area contributed by atoms with Gasteiger partial charge in [0.2, 0.25) is 0 Å². The molecule has 0 radical (unpaired) electrons. The fourth-order valence-corrected chi connectivity index (χ4v) is 2.71. The van der Waals surface area contributed by atoms with Crippen molar-refractivity contribution in [1.29, 1.82) is 0 Å². The van der Waals surface area contributed by atoms with E-state index < -0.39 is 0 Å². The maximum absolute atomic E-state index is 13.3. The van der Waals surface area contributed by atoms with Crippen LogP contribution in [0.25, 0.3) is 0 Å². The molecule has 0 unspecified atom stereocenters. The molecule has 0 atom stereocenters. The summed E-state index contributed by atoms with van der Waals surface area (Å²) in [6.07, 6.45) is 3.80. The van der Waals surface area contributed by atoms with Gasteiger partial charge in [-0.05, 0) is 69.1 Å². The van der Waals surface area contributed by atoms with Crippen molar-refractivity contribution in [3.63, 3.8) is 0 Å². The molecule has 4 heteroatoms. The smallest absolute Gasteiger partial charge is 0.142 e. The van der Waals surface area contributed by atoms with Gasteiger partial charge >= 0.3 is 0 Å². The highest BCUT2D eigenvalue weighted by Gasteiger charge is 2.14. The molecule has 112 valence electrons. The lowest BCUT2D eigenvalue weighted by atomic mass is 9.99. The average Bonchev–Trinajstić information content (AvgIpc) is 2.44.